The average Bonchev–Trinajstić information content (AvgIpc) is 3.54. The van der Waals surface area contributed by atoms with Crippen LogP contribution in [-0.2, 0) is 4.74 Å². The highest BCUT2D eigenvalue weighted by Gasteiger charge is 2.35. The van der Waals surface area contributed by atoms with Gasteiger partial charge in [0, 0.05) is 24.8 Å². The number of rotatable bonds is 7. The van der Waals surface area contributed by atoms with E-state index in [9.17, 15) is 23.3 Å². The van der Waals surface area contributed by atoms with E-state index in [4.69, 9.17) is 4.74 Å². The van der Waals surface area contributed by atoms with Gasteiger partial charge in [-0.05, 0) is 64.4 Å². The maximum Gasteiger partial charge on any atom is 0.269 e. The zero-order valence-electron chi connectivity index (χ0n) is 18.6. The number of ether oxygens (including phenoxy) is 1. The number of nitro benzene ring substituents is 1. The number of benzene rings is 3. The van der Waals surface area contributed by atoms with Crippen molar-refractivity contribution in [2.75, 3.05) is 6.61 Å². The fourth-order valence-corrected chi connectivity index (χ4v) is 4.27. The highest BCUT2D eigenvalue weighted by molar-refractivity contribution is 5.40. The average molecular weight is 496 g/mol. The molecule has 2 heterocycles. The molecule has 1 saturated heterocycles. The Hall–Kier alpha value is -4.16. The molecular weight excluding hydrogens is 477 g/mol. The minimum absolute atomic E-state index is 0.125. The molecule has 0 bridgehead atoms. The normalized spacial score (nSPS) is 18.3. The van der Waals surface area contributed by atoms with E-state index in [0.717, 1.165) is 12.1 Å². The number of halogens is 3. The van der Waals surface area contributed by atoms with Crippen molar-refractivity contribution < 1.29 is 22.8 Å². The minimum Gasteiger partial charge on any atom is -0.372 e. The van der Waals surface area contributed by atoms with Crippen LogP contribution in [0.2, 0.25) is 0 Å². The molecule has 9 nitrogen and oxygen atoms in total. The summed E-state index contributed by atoms with van der Waals surface area (Å²) in [7, 11) is 0. The van der Waals surface area contributed by atoms with Crippen molar-refractivity contribution in [1.82, 2.24) is 25.5 Å². The van der Waals surface area contributed by atoms with Gasteiger partial charge in [0.2, 0.25) is 0 Å². The van der Waals surface area contributed by atoms with Gasteiger partial charge < -0.3 is 4.74 Å². The second-order valence-corrected chi connectivity index (χ2v) is 8.24. The molecule has 1 N–H and O–H groups in total. The number of aromatic nitrogens is 4. The summed E-state index contributed by atoms with van der Waals surface area (Å²) in [5.41, 5.74) is 1.30. The summed E-state index contributed by atoms with van der Waals surface area (Å²) in [6.07, 6.45) is -0.0934. The van der Waals surface area contributed by atoms with Crippen LogP contribution < -0.4 is 5.32 Å². The molecule has 0 saturated carbocycles. The number of nitrogens with zero attached hydrogens (tertiary/aromatic N) is 5. The van der Waals surface area contributed by atoms with Crippen molar-refractivity contribution in [2.24, 2.45) is 0 Å². The molecule has 1 aliphatic rings. The van der Waals surface area contributed by atoms with Gasteiger partial charge in [-0.3, -0.25) is 15.4 Å². The number of tetrazole rings is 1. The molecule has 1 unspecified atom stereocenters. The summed E-state index contributed by atoms with van der Waals surface area (Å²) in [6, 6.07) is 14.0. The zero-order valence-corrected chi connectivity index (χ0v) is 18.6. The Labute approximate surface area is 202 Å². The minimum atomic E-state index is -0.989. The first kappa shape index (κ1) is 23.6. The molecule has 0 amide bonds. The van der Waals surface area contributed by atoms with Gasteiger partial charge in [0.25, 0.3) is 5.69 Å². The second kappa shape index (κ2) is 9.84. The van der Waals surface area contributed by atoms with Crippen molar-refractivity contribution in [1.29, 1.82) is 0 Å². The van der Waals surface area contributed by atoms with Crippen molar-refractivity contribution in [3.8, 4) is 5.69 Å². The molecule has 4 aromatic rings. The second-order valence-electron chi connectivity index (χ2n) is 8.24. The highest BCUT2D eigenvalue weighted by Crippen LogP contribution is 2.34. The first-order chi connectivity index (χ1) is 17.4. The van der Waals surface area contributed by atoms with Gasteiger partial charge in [-0.2, -0.15) is 4.68 Å². The lowest BCUT2D eigenvalue weighted by molar-refractivity contribution is -0.384. The lowest BCUT2D eigenvalue weighted by Gasteiger charge is -2.26. The van der Waals surface area contributed by atoms with Gasteiger partial charge in [-0.1, -0.05) is 18.2 Å². The molecule has 3 atom stereocenters. The fraction of sp³-hybridized carbons (Fsp3) is 0.208. The van der Waals surface area contributed by atoms with Crippen molar-refractivity contribution in [3.63, 3.8) is 0 Å². The lowest BCUT2D eigenvalue weighted by Crippen LogP contribution is -2.37. The number of hydrogen-bond acceptors (Lipinski definition) is 7. The van der Waals surface area contributed by atoms with Gasteiger partial charge in [-0.15, -0.1) is 5.10 Å². The SMILES string of the molecule is O=[N+]([O-])c1cccc(C(N[C@@H]2CCO[C@H]2c2ccc(F)c(F)c2)c2nnnn2-c2ccc(F)cc2)c1. The maximum atomic E-state index is 13.9. The van der Waals surface area contributed by atoms with Crippen molar-refractivity contribution in [3.05, 3.63) is 111 Å². The molecule has 5 rings (SSSR count). The standard InChI is InChI=1S/C24H19F3N6O3/c25-16-5-7-17(8-6-16)32-24(29-30-31-32)22(14-2-1-3-18(12-14)33(34)35)28-21-10-11-36-23(21)15-4-9-19(26)20(27)13-15/h1-9,12-13,21-23,28H,10-11H2/t21-,22?,23+/m1/s1. The third-order valence-corrected chi connectivity index (χ3v) is 5.98. The smallest absolute Gasteiger partial charge is 0.269 e. The zero-order chi connectivity index (χ0) is 25.2. The van der Waals surface area contributed by atoms with Crippen molar-refractivity contribution in [2.45, 2.75) is 24.6 Å². The third-order valence-electron chi connectivity index (χ3n) is 5.98. The molecule has 1 fully saturated rings. The molecule has 0 radical (unpaired) electrons. The van der Waals surface area contributed by atoms with E-state index < -0.39 is 40.6 Å². The van der Waals surface area contributed by atoms with E-state index >= 15 is 0 Å². The van der Waals surface area contributed by atoms with Crippen LogP contribution in [0.25, 0.3) is 5.69 Å². The molecule has 3 aromatic carbocycles. The third kappa shape index (κ3) is 4.68. The highest BCUT2D eigenvalue weighted by atomic mass is 19.2. The summed E-state index contributed by atoms with van der Waals surface area (Å²) in [5, 5.41) is 26.8. The number of nitrogens with one attached hydrogen (secondary N) is 1. The van der Waals surface area contributed by atoms with E-state index in [0.29, 0.717) is 29.8 Å². The van der Waals surface area contributed by atoms with E-state index in [2.05, 4.69) is 20.8 Å². The van der Waals surface area contributed by atoms with Crippen LogP contribution in [0.5, 0.6) is 0 Å². The number of hydrogen-bond donors (Lipinski definition) is 1. The molecule has 1 aromatic heterocycles. The van der Waals surface area contributed by atoms with Gasteiger partial charge in [0.05, 0.1) is 22.8 Å². The lowest BCUT2D eigenvalue weighted by atomic mass is 9.98. The molecule has 36 heavy (non-hydrogen) atoms. The Kier molecular flexibility index (Phi) is 6.44. The Morgan fingerprint density at radius 1 is 1.06 bits per heavy atom. The van der Waals surface area contributed by atoms with E-state index in [1.165, 1.54) is 47.1 Å². The fourth-order valence-electron chi connectivity index (χ4n) is 4.27. The maximum absolute atomic E-state index is 13.9. The van der Waals surface area contributed by atoms with Gasteiger partial charge in [-0.25, -0.2) is 13.2 Å². The van der Waals surface area contributed by atoms with Crippen LogP contribution >= 0.6 is 0 Å². The van der Waals surface area contributed by atoms with E-state index in [1.807, 2.05) is 0 Å². The van der Waals surface area contributed by atoms with Gasteiger partial charge in [0.1, 0.15) is 5.82 Å². The molecule has 184 valence electrons. The molecule has 12 heteroatoms. The predicted octanol–water partition coefficient (Wildman–Crippen LogP) is 4.20. The largest absolute Gasteiger partial charge is 0.372 e. The van der Waals surface area contributed by atoms with Gasteiger partial charge in [0.15, 0.2) is 17.5 Å². The summed E-state index contributed by atoms with van der Waals surface area (Å²) >= 11 is 0. The predicted molar refractivity (Wildman–Crippen MR) is 121 cm³/mol. The monoisotopic (exact) mass is 496 g/mol. The van der Waals surface area contributed by atoms with Crippen LogP contribution in [0.15, 0.2) is 66.7 Å². The van der Waals surface area contributed by atoms with Gasteiger partial charge >= 0.3 is 0 Å². The van der Waals surface area contributed by atoms with Crippen molar-refractivity contribution >= 4 is 5.69 Å². The van der Waals surface area contributed by atoms with Crippen LogP contribution in [0.4, 0.5) is 18.9 Å². The quantitative estimate of drug-likeness (QED) is 0.302. The Morgan fingerprint density at radius 2 is 1.86 bits per heavy atom. The molecule has 0 spiro atoms. The van der Waals surface area contributed by atoms with Crippen LogP contribution in [0.1, 0.15) is 35.5 Å². The molecule has 1 aliphatic heterocycles. The summed E-state index contributed by atoms with van der Waals surface area (Å²) < 4.78 is 48.2. The first-order valence-corrected chi connectivity index (χ1v) is 11.0. The van der Waals surface area contributed by atoms with Crippen LogP contribution in [-0.4, -0.2) is 37.8 Å². The van der Waals surface area contributed by atoms with Crippen LogP contribution in [0.3, 0.4) is 0 Å². The number of non-ortho nitro benzene ring substituents is 1. The van der Waals surface area contributed by atoms with E-state index in [1.54, 1.807) is 12.1 Å². The Balaban J connectivity index is 1.55. The Bertz CT molecular complexity index is 1400. The van der Waals surface area contributed by atoms with E-state index in [-0.39, 0.29) is 11.5 Å². The first-order valence-electron chi connectivity index (χ1n) is 11.0. The molecule has 0 aliphatic carbocycles. The summed E-state index contributed by atoms with van der Waals surface area (Å²) in [6.45, 7) is 0.353. The Morgan fingerprint density at radius 3 is 2.61 bits per heavy atom. The number of nitro groups is 1. The topological polar surface area (TPSA) is 108 Å². The van der Waals surface area contributed by atoms with Crippen LogP contribution in [0, 0.1) is 27.6 Å². The molecular formula is C24H19F3N6O3. The summed E-state index contributed by atoms with van der Waals surface area (Å²) in [4.78, 5) is 10.9. The summed E-state index contributed by atoms with van der Waals surface area (Å²) in [5.74, 6) is -2.09.